The van der Waals surface area contributed by atoms with Gasteiger partial charge in [-0.3, -0.25) is 8.97 Å². The van der Waals surface area contributed by atoms with Crippen LogP contribution in [-0.4, -0.2) is 18.9 Å². The molecule has 0 fully saturated rings. The minimum Gasteiger partial charge on any atom is -0.292 e. The van der Waals surface area contributed by atoms with E-state index < -0.39 is 0 Å². The highest BCUT2D eigenvalue weighted by Crippen LogP contribution is 2.34. The Hall–Kier alpha value is -5.74. The lowest BCUT2D eigenvalue weighted by atomic mass is 10.0. The van der Waals surface area contributed by atoms with Gasteiger partial charge in [0.05, 0.1) is 27.8 Å². The van der Waals surface area contributed by atoms with E-state index >= 15 is 0 Å². The van der Waals surface area contributed by atoms with Crippen molar-refractivity contribution in [1.82, 2.24) is 18.9 Å². The molecule has 42 heavy (non-hydrogen) atoms. The fraction of sp³-hybridized carbons (Fsp3) is 0. The van der Waals surface area contributed by atoms with Crippen molar-refractivity contribution in [3.05, 3.63) is 146 Å². The molecule has 3 aromatic heterocycles. The van der Waals surface area contributed by atoms with Crippen LogP contribution in [0.3, 0.4) is 0 Å². The first-order valence-electron chi connectivity index (χ1n) is 14.0. The van der Waals surface area contributed by atoms with Crippen molar-refractivity contribution in [2.45, 2.75) is 0 Å². The van der Waals surface area contributed by atoms with Crippen molar-refractivity contribution in [3.8, 4) is 28.2 Å². The Morgan fingerprint density at radius 1 is 0.548 bits per heavy atom. The number of pyridine rings is 1. The molecule has 0 saturated heterocycles. The summed E-state index contributed by atoms with van der Waals surface area (Å²) in [6, 6.07) is 42.2. The summed E-state index contributed by atoms with van der Waals surface area (Å²) in [6.45, 7) is 8.21. The van der Waals surface area contributed by atoms with Gasteiger partial charge in [-0.1, -0.05) is 104 Å². The summed E-state index contributed by atoms with van der Waals surface area (Å²) in [6.07, 6.45) is 3.81. The number of aromatic nitrogens is 4. The maximum absolute atomic E-state index is 5.12. The second-order valence-corrected chi connectivity index (χ2v) is 10.4. The van der Waals surface area contributed by atoms with Crippen LogP contribution in [0, 0.1) is 0 Å². The molecule has 0 aliphatic rings. The number of hydrogen-bond donors (Lipinski definition) is 0. The van der Waals surface area contributed by atoms with Gasteiger partial charge in [0, 0.05) is 22.2 Å². The third-order valence-corrected chi connectivity index (χ3v) is 8.08. The predicted molar refractivity (Wildman–Crippen MR) is 176 cm³/mol. The highest BCUT2D eigenvalue weighted by molar-refractivity contribution is 6.04. The van der Waals surface area contributed by atoms with Crippen molar-refractivity contribution in [1.29, 1.82) is 0 Å². The lowest BCUT2D eigenvalue weighted by Gasteiger charge is -2.11. The van der Waals surface area contributed by atoms with Gasteiger partial charge >= 0.3 is 0 Å². The average molecular weight is 539 g/mol. The van der Waals surface area contributed by atoms with Crippen LogP contribution in [-0.2, 0) is 0 Å². The highest BCUT2D eigenvalue weighted by Gasteiger charge is 2.17. The van der Waals surface area contributed by atoms with E-state index in [1.807, 2.05) is 24.3 Å². The summed E-state index contributed by atoms with van der Waals surface area (Å²) in [7, 11) is 0. The normalized spacial score (nSPS) is 11.5. The maximum atomic E-state index is 5.12. The van der Waals surface area contributed by atoms with E-state index in [9.17, 15) is 0 Å². The molecule has 0 saturated carbocycles. The lowest BCUT2D eigenvalue weighted by Crippen LogP contribution is -1.97. The molecular weight excluding hydrogens is 512 g/mol. The van der Waals surface area contributed by atoms with Crippen LogP contribution in [0.4, 0.5) is 0 Å². The van der Waals surface area contributed by atoms with Crippen molar-refractivity contribution in [3.63, 3.8) is 0 Å². The zero-order valence-electron chi connectivity index (χ0n) is 22.9. The van der Waals surface area contributed by atoms with E-state index in [0.29, 0.717) is 0 Å². The fourth-order valence-electron chi connectivity index (χ4n) is 6.14. The summed E-state index contributed by atoms with van der Waals surface area (Å²) < 4.78 is 4.43. The Balaban J connectivity index is 1.26. The first-order valence-corrected chi connectivity index (χ1v) is 14.0. The molecule has 0 amide bonds. The number of nitrogens with zero attached hydrogens (tertiary/aromatic N) is 4. The van der Waals surface area contributed by atoms with Gasteiger partial charge in [0.25, 0.3) is 0 Å². The van der Waals surface area contributed by atoms with E-state index in [1.54, 1.807) is 0 Å². The van der Waals surface area contributed by atoms with Crippen LogP contribution >= 0.6 is 0 Å². The molecule has 0 bridgehead atoms. The first-order chi connectivity index (χ1) is 20.7. The van der Waals surface area contributed by atoms with E-state index in [-0.39, 0.29) is 0 Å². The van der Waals surface area contributed by atoms with Crippen molar-refractivity contribution in [2.24, 2.45) is 0 Å². The molecule has 8 rings (SSSR count). The molecule has 0 N–H and O–H groups in total. The van der Waals surface area contributed by atoms with Gasteiger partial charge < -0.3 is 0 Å². The number of fused-ring (bicyclic) bond motifs is 6. The molecule has 0 radical (unpaired) electrons. The molecule has 0 aliphatic carbocycles. The van der Waals surface area contributed by atoms with Crippen LogP contribution < -0.4 is 0 Å². The Morgan fingerprint density at radius 2 is 1.24 bits per heavy atom. The quantitative estimate of drug-likeness (QED) is 0.219. The summed E-state index contributed by atoms with van der Waals surface area (Å²) in [4.78, 5) is 10.1. The van der Waals surface area contributed by atoms with Gasteiger partial charge in [-0.05, 0) is 59.0 Å². The highest BCUT2D eigenvalue weighted by atomic mass is 15.1. The van der Waals surface area contributed by atoms with Crippen molar-refractivity contribution in [2.75, 3.05) is 0 Å². The maximum Gasteiger partial charge on any atom is 0.146 e. The number of imidazole rings is 2. The van der Waals surface area contributed by atoms with Gasteiger partial charge in [-0.2, -0.15) is 0 Å². The first kappa shape index (κ1) is 24.1. The molecule has 3 heterocycles. The zero-order chi connectivity index (χ0) is 28.2. The topological polar surface area (TPSA) is 35.1 Å². The van der Waals surface area contributed by atoms with E-state index in [1.165, 1.54) is 0 Å². The fourth-order valence-corrected chi connectivity index (χ4v) is 6.14. The Kier molecular flexibility index (Phi) is 5.41. The predicted octanol–water partition coefficient (Wildman–Crippen LogP) is 9.60. The van der Waals surface area contributed by atoms with Crippen LogP contribution in [0.25, 0.3) is 78.8 Å². The molecule has 0 spiro atoms. The molecule has 4 nitrogen and oxygen atoms in total. The molecule has 0 unspecified atom stereocenters. The molecule has 0 atom stereocenters. The Bertz CT molecular complexity index is 2320. The van der Waals surface area contributed by atoms with Gasteiger partial charge in [0.1, 0.15) is 11.5 Å². The number of benzene rings is 5. The molecule has 4 heteroatoms. The van der Waals surface area contributed by atoms with Gasteiger partial charge in [-0.25, -0.2) is 9.97 Å². The van der Waals surface area contributed by atoms with Crippen LogP contribution in [0.1, 0.15) is 11.3 Å². The number of para-hydroxylation sites is 3. The summed E-state index contributed by atoms with van der Waals surface area (Å²) in [5, 5.41) is 2.23. The minimum atomic E-state index is 0.923. The van der Waals surface area contributed by atoms with Crippen LogP contribution in [0.15, 0.2) is 134 Å². The summed E-state index contributed by atoms with van der Waals surface area (Å²) >= 11 is 0. The SMILES string of the molecule is C=Cc1c(C=C)n2c3ccc(-c4ccc(-c5nc6ccccc6n5-c5ccccc5)cc4)cc3nc2c2ccccc12. The van der Waals surface area contributed by atoms with Crippen LogP contribution in [0.5, 0.6) is 0 Å². The largest absolute Gasteiger partial charge is 0.292 e. The monoisotopic (exact) mass is 538 g/mol. The van der Waals surface area contributed by atoms with Gasteiger partial charge in [0.2, 0.25) is 0 Å². The second-order valence-electron chi connectivity index (χ2n) is 10.4. The average Bonchev–Trinajstić information content (AvgIpc) is 3.63. The number of hydrogen-bond acceptors (Lipinski definition) is 2. The number of rotatable bonds is 5. The molecule has 198 valence electrons. The summed E-state index contributed by atoms with van der Waals surface area (Å²) in [5.41, 5.74) is 11.4. The minimum absolute atomic E-state index is 0.923. The Labute approximate surface area is 243 Å². The lowest BCUT2D eigenvalue weighted by molar-refractivity contribution is 1.10. The third-order valence-electron chi connectivity index (χ3n) is 8.08. The Morgan fingerprint density at radius 3 is 2.02 bits per heavy atom. The van der Waals surface area contributed by atoms with Crippen LogP contribution in [0.2, 0.25) is 0 Å². The molecule has 5 aromatic carbocycles. The second kappa shape index (κ2) is 9.43. The smallest absolute Gasteiger partial charge is 0.146 e. The van der Waals surface area contributed by atoms with E-state index in [2.05, 4.69) is 131 Å². The molecular formula is C38H26N4. The van der Waals surface area contributed by atoms with E-state index in [0.717, 1.165) is 77.9 Å². The van der Waals surface area contributed by atoms with Crippen molar-refractivity contribution >= 4 is 50.6 Å². The standard InChI is InChI=1S/C38H26N4/c1-3-29-30-14-8-9-15-31(30)38-40-33-24-27(22-23-36(33)42(38)34(29)4-2)25-18-20-26(21-19-25)37-39-32-16-10-11-17-35(32)41(37)28-12-6-5-7-13-28/h3-24H,1-2H2. The molecule has 0 aliphatic heterocycles. The molecule has 8 aromatic rings. The van der Waals surface area contributed by atoms with E-state index in [4.69, 9.17) is 9.97 Å². The van der Waals surface area contributed by atoms with Crippen molar-refractivity contribution < 1.29 is 0 Å². The third kappa shape index (κ3) is 3.55. The van der Waals surface area contributed by atoms with Gasteiger partial charge in [0.15, 0.2) is 0 Å². The van der Waals surface area contributed by atoms with Gasteiger partial charge in [-0.15, -0.1) is 0 Å². The zero-order valence-corrected chi connectivity index (χ0v) is 22.9. The summed E-state index contributed by atoms with van der Waals surface area (Å²) in [5.74, 6) is 0.923.